The second-order valence-corrected chi connectivity index (χ2v) is 2.61. The molecule has 0 amide bonds. The first kappa shape index (κ1) is 9.19. The fraction of sp³-hybridized carbons (Fsp3) is 0.333. The summed E-state index contributed by atoms with van der Waals surface area (Å²) in [7, 11) is 0. The Morgan fingerprint density at radius 3 is 2.42 bits per heavy atom. The van der Waals surface area contributed by atoms with E-state index in [2.05, 4.69) is 0 Å². The molecule has 1 rings (SSSR count). The summed E-state index contributed by atoms with van der Waals surface area (Å²) < 4.78 is 0. The molecule has 0 heterocycles. The molecule has 0 fully saturated rings. The normalized spacial score (nSPS) is 12.8. The maximum absolute atomic E-state index is 5.41. The third-order valence-corrected chi connectivity index (χ3v) is 1.76. The van der Waals surface area contributed by atoms with Gasteiger partial charge in [0.25, 0.3) is 0 Å². The highest BCUT2D eigenvalue weighted by Gasteiger charge is 2.08. The summed E-state index contributed by atoms with van der Waals surface area (Å²) in [6.45, 7) is 0.580. The molecule has 12 heavy (non-hydrogen) atoms. The number of hydrogen-bond donors (Lipinski definition) is 2. The molecule has 0 radical (unpaired) electrons. The van der Waals surface area contributed by atoms with Crippen molar-refractivity contribution < 1.29 is 4.84 Å². The van der Waals surface area contributed by atoms with Crippen LogP contribution in [0.2, 0.25) is 0 Å². The average molecular weight is 166 g/mol. The van der Waals surface area contributed by atoms with Gasteiger partial charge in [0.15, 0.2) is 0 Å². The lowest BCUT2D eigenvalue weighted by atomic mass is 10.1. The molecular weight excluding hydrogens is 152 g/mol. The molecular formula is C9H14N2O. The Balaban J connectivity index is 2.66. The zero-order chi connectivity index (χ0) is 8.81. The maximum Gasteiger partial charge on any atom is 0.105 e. The van der Waals surface area contributed by atoms with E-state index in [9.17, 15) is 0 Å². The van der Waals surface area contributed by atoms with Gasteiger partial charge in [-0.15, -0.1) is 0 Å². The number of benzene rings is 1. The summed E-state index contributed by atoms with van der Waals surface area (Å²) in [4.78, 5) is 4.80. The van der Waals surface area contributed by atoms with Crippen molar-refractivity contribution in [3.8, 4) is 0 Å². The minimum Gasteiger partial charge on any atom is -0.330 e. The van der Waals surface area contributed by atoms with Crippen LogP contribution in [-0.2, 0) is 4.84 Å². The molecule has 0 saturated heterocycles. The van der Waals surface area contributed by atoms with Crippen LogP contribution in [0, 0.1) is 0 Å². The van der Waals surface area contributed by atoms with E-state index in [0.717, 1.165) is 12.0 Å². The smallest absolute Gasteiger partial charge is 0.105 e. The van der Waals surface area contributed by atoms with Crippen LogP contribution >= 0.6 is 0 Å². The minimum absolute atomic E-state index is 0.0730. The Labute approximate surface area is 72.3 Å². The molecule has 3 heteroatoms. The number of hydrogen-bond acceptors (Lipinski definition) is 3. The van der Waals surface area contributed by atoms with E-state index in [0.29, 0.717) is 6.54 Å². The first-order chi connectivity index (χ1) is 5.88. The lowest BCUT2D eigenvalue weighted by Crippen LogP contribution is -2.13. The quantitative estimate of drug-likeness (QED) is 0.655. The van der Waals surface area contributed by atoms with E-state index >= 15 is 0 Å². The monoisotopic (exact) mass is 166 g/mol. The van der Waals surface area contributed by atoms with Gasteiger partial charge in [-0.1, -0.05) is 30.3 Å². The van der Waals surface area contributed by atoms with Crippen LogP contribution in [0.3, 0.4) is 0 Å². The molecule has 0 spiro atoms. The predicted molar refractivity (Wildman–Crippen MR) is 48.1 cm³/mol. The third-order valence-electron chi connectivity index (χ3n) is 1.76. The highest BCUT2D eigenvalue weighted by atomic mass is 16.6. The molecule has 1 atom stereocenters. The Kier molecular flexibility index (Phi) is 3.73. The van der Waals surface area contributed by atoms with Crippen LogP contribution in [0.25, 0.3) is 0 Å². The van der Waals surface area contributed by atoms with Crippen molar-refractivity contribution in [3.63, 3.8) is 0 Å². The van der Waals surface area contributed by atoms with Crippen molar-refractivity contribution in [3.05, 3.63) is 35.9 Å². The van der Waals surface area contributed by atoms with Crippen molar-refractivity contribution >= 4 is 0 Å². The van der Waals surface area contributed by atoms with Crippen molar-refractivity contribution in [2.75, 3.05) is 6.54 Å². The van der Waals surface area contributed by atoms with E-state index in [-0.39, 0.29) is 6.10 Å². The van der Waals surface area contributed by atoms with Gasteiger partial charge in [-0.3, -0.25) is 4.84 Å². The van der Waals surface area contributed by atoms with E-state index in [1.165, 1.54) is 0 Å². The third kappa shape index (κ3) is 2.30. The topological polar surface area (TPSA) is 61.3 Å². The van der Waals surface area contributed by atoms with Crippen LogP contribution in [0.1, 0.15) is 18.1 Å². The van der Waals surface area contributed by atoms with E-state index in [1.54, 1.807) is 0 Å². The highest BCUT2D eigenvalue weighted by Crippen LogP contribution is 2.17. The zero-order valence-corrected chi connectivity index (χ0v) is 6.94. The minimum atomic E-state index is -0.0730. The maximum atomic E-state index is 5.41. The predicted octanol–water partition coefficient (Wildman–Crippen LogP) is 0.967. The van der Waals surface area contributed by atoms with Crippen molar-refractivity contribution in [2.24, 2.45) is 11.6 Å². The molecule has 0 aliphatic carbocycles. The summed E-state index contributed by atoms with van der Waals surface area (Å²) in [6.07, 6.45) is 0.678. The SMILES string of the molecule is NCCC(ON)c1ccccc1. The molecule has 0 aliphatic heterocycles. The molecule has 0 bridgehead atoms. The lowest BCUT2D eigenvalue weighted by molar-refractivity contribution is 0.0483. The molecule has 0 saturated carbocycles. The molecule has 66 valence electrons. The van der Waals surface area contributed by atoms with E-state index < -0.39 is 0 Å². The molecule has 1 unspecified atom stereocenters. The first-order valence-corrected chi connectivity index (χ1v) is 3.99. The number of rotatable bonds is 4. The standard InChI is InChI=1S/C9H14N2O/c10-7-6-9(12-11)8-4-2-1-3-5-8/h1-5,9H,6-7,10-11H2. The Bertz CT molecular complexity index is 213. The second kappa shape index (κ2) is 4.87. The highest BCUT2D eigenvalue weighted by molar-refractivity contribution is 5.17. The largest absolute Gasteiger partial charge is 0.330 e. The molecule has 0 aromatic heterocycles. The molecule has 1 aromatic rings. The Hall–Kier alpha value is -0.900. The van der Waals surface area contributed by atoms with Crippen molar-refractivity contribution in [1.82, 2.24) is 0 Å². The van der Waals surface area contributed by atoms with Gasteiger partial charge in [-0.25, -0.2) is 5.90 Å². The van der Waals surface area contributed by atoms with Gasteiger partial charge in [-0.05, 0) is 18.5 Å². The van der Waals surface area contributed by atoms with Crippen LogP contribution in [0.5, 0.6) is 0 Å². The van der Waals surface area contributed by atoms with Crippen molar-refractivity contribution in [1.29, 1.82) is 0 Å². The van der Waals surface area contributed by atoms with Gasteiger partial charge in [0.2, 0.25) is 0 Å². The Morgan fingerprint density at radius 2 is 1.92 bits per heavy atom. The fourth-order valence-electron chi connectivity index (χ4n) is 1.13. The van der Waals surface area contributed by atoms with Gasteiger partial charge < -0.3 is 5.73 Å². The van der Waals surface area contributed by atoms with Gasteiger partial charge in [0.1, 0.15) is 6.10 Å². The van der Waals surface area contributed by atoms with Gasteiger partial charge in [-0.2, -0.15) is 0 Å². The molecule has 4 N–H and O–H groups in total. The van der Waals surface area contributed by atoms with Crippen LogP contribution in [0.15, 0.2) is 30.3 Å². The summed E-state index contributed by atoms with van der Waals surface area (Å²) in [5, 5.41) is 0. The first-order valence-electron chi connectivity index (χ1n) is 3.99. The zero-order valence-electron chi connectivity index (χ0n) is 6.94. The van der Waals surface area contributed by atoms with E-state index in [1.807, 2.05) is 30.3 Å². The molecule has 0 aliphatic rings. The summed E-state index contributed by atoms with van der Waals surface area (Å²) >= 11 is 0. The fourth-order valence-corrected chi connectivity index (χ4v) is 1.13. The van der Waals surface area contributed by atoms with Gasteiger partial charge in [0, 0.05) is 0 Å². The molecule has 1 aromatic carbocycles. The van der Waals surface area contributed by atoms with Crippen LogP contribution in [-0.4, -0.2) is 6.54 Å². The van der Waals surface area contributed by atoms with Gasteiger partial charge in [0.05, 0.1) is 0 Å². The summed E-state index contributed by atoms with van der Waals surface area (Å²) in [5.74, 6) is 5.14. The van der Waals surface area contributed by atoms with Crippen molar-refractivity contribution in [2.45, 2.75) is 12.5 Å². The summed E-state index contributed by atoms with van der Waals surface area (Å²) in [5.41, 5.74) is 6.48. The average Bonchev–Trinajstić information content (AvgIpc) is 2.15. The summed E-state index contributed by atoms with van der Waals surface area (Å²) in [6, 6.07) is 9.83. The van der Waals surface area contributed by atoms with Crippen LogP contribution in [0.4, 0.5) is 0 Å². The molecule has 3 nitrogen and oxygen atoms in total. The van der Waals surface area contributed by atoms with E-state index in [4.69, 9.17) is 16.5 Å². The Morgan fingerprint density at radius 1 is 1.25 bits per heavy atom. The van der Waals surface area contributed by atoms with Crippen LogP contribution < -0.4 is 11.6 Å². The second-order valence-electron chi connectivity index (χ2n) is 2.61. The number of nitrogens with two attached hydrogens (primary N) is 2. The lowest BCUT2D eigenvalue weighted by Gasteiger charge is -2.12. The van der Waals surface area contributed by atoms with Gasteiger partial charge >= 0.3 is 0 Å².